The summed E-state index contributed by atoms with van der Waals surface area (Å²) in [4.78, 5) is 17.6. The molecule has 3 aromatic rings. The highest BCUT2D eigenvalue weighted by atomic mass is 32.2. The van der Waals surface area contributed by atoms with Crippen LogP contribution >= 0.6 is 11.8 Å². The van der Waals surface area contributed by atoms with E-state index in [1.54, 1.807) is 30.8 Å². The molecule has 0 aliphatic rings. The summed E-state index contributed by atoms with van der Waals surface area (Å²) in [6.07, 6.45) is 1.97. The Hall–Kier alpha value is -2.52. The maximum absolute atomic E-state index is 12.9. The summed E-state index contributed by atoms with van der Waals surface area (Å²) in [6.45, 7) is 2.08. The number of amides is 1. The van der Waals surface area contributed by atoms with Crippen LogP contribution in [0.1, 0.15) is 17.3 Å². The van der Waals surface area contributed by atoms with E-state index in [9.17, 15) is 13.2 Å². The van der Waals surface area contributed by atoms with Crippen LogP contribution in [0.2, 0.25) is 0 Å². The van der Waals surface area contributed by atoms with Gasteiger partial charge in [0.2, 0.25) is 10.0 Å². The van der Waals surface area contributed by atoms with E-state index < -0.39 is 10.0 Å². The van der Waals surface area contributed by atoms with Gasteiger partial charge in [-0.15, -0.1) is 0 Å². The van der Waals surface area contributed by atoms with Crippen LogP contribution in [0.5, 0.6) is 0 Å². The zero-order valence-electron chi connectivity index (χ0n) is 16.6. The van der Waals surface area contributed by atoms with Gasteiger partial charge < -0.3 is 9.88 Å². The SMILES string of the molecule is CCS(=O)(=O)Nc1cc(C(=O)NCCSC)c2c(c1)nc(-c1ccccc1)n2C. The number of thioether (sulfide) groups is 1. The standard InChI is InChI=1S/C20H24N4O3S2/c1-4-29(26,27)23-15-12-16(20(25)21-10-11-28-3)18-17(13-15)22-19(24(18)2)14-8-6-5-7-9-14/h5-9,12-13,23H,4,10-11H2,1-3H3,(H,21,25). The molecule has 1 amide bonds. The summed E-state index contributed by atoms with van der Waals surface area (Å²) in [7, 11) is -1.63. The molecular weight excluding hydrogens is 408 g/mol. The molecule has 0 atom stereocenters. The number of hydrogen-bond donors (Lipinski definition) is 2. The first kappa shape index (κ1) is 21.2. The second-order valence-electron chi connectivity index (χ2n) is 6.51. The first-order chi connectivity index (χ1) is 13.9. The van der Waals surface area contributed by atoms with Gasteiger partial charge in [0.25, 0.3) is 5.91 Å². The Bertz CT molecular complexity index is 1130. The van der Waals surface area contributed by atoms with Crippen LogP contribution in [0.3, 0.4) is 0 Å². The maximum Gasteiger partial charge on any atom is 0.253 e. The number of rotatable bonds is 8. The fraction of sp³-hybridized carbons (Fsp3) is 0.300. The number of benzene rings is 2. The third-order valence-electron chi connectivity index (χ3n) is 4.49. The van der Waals surface area contributed by atoms with Gasteiger partial charge in [0.15, 0.2) is 0 Å². The van der Waals surface area contributed by atoms with Crippen molar-refractivity contribution >= 4 is 44.4 Å². The number of nitrogens with one attached hydrogen (secondary N) is 2. The Morgan fingerprint density at radius 1 is 1.21 bits per heavy atom. The van der Waals surface area contributed by atoms with Crippen LogP contribution in [-0.2, 0) is 17.1 Å². The molecule has 1 aromatic heterocycles. The average Bonchev–Trinajstić information content (AvgIpc) is 3.04. The largest absolute Gasteiger partial charge is 0.351 e. The van der Waals surface area contributed by atoms with E-state index in [1.165, 1.54) is 0 Å². The van der Waals surface area contributed by atoms with Crippen LogP contribution in [-0.4, -0.2) is 48.2 Å². The molecule has 0 saturated carbocycles. The molecule has 0 unspecified atom stereocenters. The normalized spacial score (nSPS) is 11.6. The first-order valence-corrected chi connectivity index (χ1v) is 12.2. The molecule has 3 rings (SSSR count). The highest BCUT2D eigenvalue weighted by molar-refractivity contribution is 7.98. The Kier molecular flexibility index (Phi) is 6.49. The van der Waals surface area contributed by atoms with Gasteiger partial charge in [-0.1, -0.05) is 30.3 Å². The number of anilines is 1. The number of imidazole rings is 1. The number of sulfonamides is 1. The van der Waals surface area contributed by atoms with E-state index in [4.69, 9.17) is 0 Å². The zero-order valence-corrected chi connectivity index (χ0v) is 18.2. The van der Waals surface area contributed by atoms with Crippen LogP contribution in [0.25, 0.3) is 22.4 Å². The highest BCUT2D eigenvalue weighted by Gasteiger charge is 2.20. The lowest BCUT2D eigenvalue weighted by atomic mass is 10.1. The van der Waals surface area contributed by atoms with Crippen molar-refractivity contribution in [3.05, 3.63) is 48.0 Å². The lowest BCUT2D eigenvalue weighted by Gasteiger charge is -2.11. The van der Waals surface area contributed by atoms with E-state index in [-0.39, 0.29) is 11.7 Å². The van der Waals surface area contributed by atoms with E-state index in [1.807, 2.05) is 48.2 Å². The first-order valence-electron chi connectivity index (χ1n) is 9.19. The van der Waals surface area contributed by atoms with Gasteiger partial charge in [-0.3, -0.25) is 9.52 Å². The molecule has 0 fully saturated rings. The smallest absolute Gasteiger partial charge is 0.253 e. The van der Waals surface area contributed by atoms with Gasteiger partial charge in [-0.25, -0.2) is 13.4 Å². The predicted molar refractivity (Wildman–Crippen MR) is 120 cm³/mol. The number of aromatic nitrogens is 2. The topological polar surface area (TPSA) is 93.1 Å². The Labute approximate surface area is 175 Å². The highest BCUT2D eigenvalue weighted by Crippen LogP contribution is 2.29. The quantitative estimate of drug-likeness (QED) is 0.534. The molecule has 0 spiro atoms. The summed E-state index contributed by atoms with van der Waals surface area (Å²) in [5.74, 6) is 1.17. The molecule has 154 valence electrons. The monoisotopic (exact) mass is 432 g/mol. The second-order valence-corrected chi connectivity index (χ2v) is 9.50. The molecule has 0 saturated heterocycles. The van der Waals surface area contributed by atoms with Gasteiger partial charge in [0.1, 0.15) is 5.82 Å². The fourth-order valence-electron chi connectivity index (χ4n) is 3.04. The number of fused-ring (bicyclic) bond motifs is 1. The van der Waals surface area contributed by atoms with Crippen molar-refractivity contribution in [2.45, 2.75) is 6.92 Å². The second kappa shape index (κ2) is 8.87. The van der Waals surface area contributed by atoms with Crippen molar-refractivity contribution in [1.29, 1.82) is 0 Å². The molecule has 0 bridgehead atoms. The van der Waals surface area contributed by atoms with Crippen molar-refractivity contribution in [3.63, 3.8) is 0 Å². The summed E-state index contributed by atoms with van der Waals surface area (Å²) in [5, 5.41) is 2.89. The van der Waals surface area contributed by atoms with E-state index in [0.29, 0.717) is 34.7 Å². The van der Waals surface area contributed by atoms with Gasteiger partial charge in [-0.05, 0) is 25.3 Å². The lowest BCUT2D eigenvalue weighted by Crippen LogP contribution is -2.26. The average molecular weight is 433 g/mol. The minimum Gasteiger partial charge on any atom is -0.351 e. The Morgan fingerprint density at radius 3 is 2.59 bits per heavy atom. The fourth-order valence-corrected chi connectivity index (χ4v) is 3.97. The van der Waals surface area contributed by atoms with Gasteiger partial charge in [0, 0.05) is 24.9 Å². The summed E-state index contributed by atoms with van der Waals surface area (Å²) in [5.41, 5.74) is 2.83. The van der Waals surface area contributed by atoms with Crippen molar-refractivity contribution in [2.24, 2.45) is 7.05 Å². The van der Waals surface area contributed by atoms with Crippen molar-refractivity contribution in [3.8, 4) is 11.4 Å². The third kappa shape index (κ3) is 4.73. The lowest BCUT2D eigenvalue weighted by molar-refractivity contribution is 0.0957. The number of aryl methyl sites for hydroxylation is 1. The van der Waals surface area contributed by atoms with E-state index in [2.05, 4.69) is 15.0 Å². The Balaban J connectivity index is 2.15. The third-order valence-corrected chi connectivity index (χ3v) is 6.41. The van der Waals surface area contributed by atoms with Crippen molar-refractivity contribution in [2.75, 3.05) is 29.0 Å². The number of nitrogens with zero attached hydrogens (tertiary/aromatic N) is 2. The van der Waals surface area contributed by atoms with Crippen LogP contribution in [0.4, 0.5) is 5.69 Å². The minimum absolute atomic E-state index is 0.0578. The molecule has 2 N–H and O–H groups in total. The molecule has 0 radical (unpaired) electrons. The van der Waals surface area contributed by atoms with Crippen LogP contribution < -0.4 is 10.0 Å². The molecule has 9 heteroatoms. The molecule has 29 heavy (non-hydrogen) atoms. The Morgan fingerprint density at radius 2 is 1.93 bits per heavy atom. The minimum atomic E-state index is -3.48. The molecule has 1 heterocycles. The summed E-state index contributed by atoms with van der Waals surface area (Å²) >= 11 is 1.64. The van der Waals surface area contributed by atoms with Crippen molar-refractivity contribution < 1.29 is 13.2 Å². The molecular formula is C20H24N4O3S2. The van der Waals surface area contributed by atoms with E-state index >= 15 is 0 Å². The summed E-state index contributed by atoms with van der Waals surface area (Å²) < 4.78 is 28.5. The number of carbonyl (C=O) groups is 1. The number of hydrogen-bond acceptors (Lipinski definition) is 5. The predicted octanol–water partition coefficient (Wildman–Crippen LogP) is 3.09. The maximum atomic E-state index is 12.9. The van der Waals surface area contributed by atoms with Crippen LogP contribution in [0.15, 0.2) is 42.5 Å². The molecule has 0 aliphatic heterocycles. The van der Waals surface area contributed by atoms with E-state index in [0.717, 1.165) is 11.3 Å². The molecule has 7 nitrogen and oxygen atoms in total. The van der Waals surface area contributed by atoms with Crippen LogP contribution in [0, 0.1) is 0 Å². The molecule has 2 aromatic carbocycles. The van der Waals surface area contributed by atoms with Gasteiger partial charge >= 0.3 is 0 Å². The number of carbonyl (C=O) groups excluding carboxylic acids is 1. The molecule has 0 aliphatic carbocycles. The van der Waals surface area contributed by atoms with Gasteiger partial charge in [-0.2, -0.15) is 11.8 Å². The zero-order chi connectivity index (χ0) is 21.0. The van der Waals surface area contributed by atoms with Crippen molar-refractivity contribution in [1.82, 2.24) is 14.9 Å². The summed E-state index contributed by atoms with van der Waals surface area (Å²) in [6, 6.07) is 12.9. The van der Waals surface area contributed by atoms with Gasteiger partial charge in [0.05, 0.1) is 28.0 Å².